The van der Waals surface area contributed by atoms with Crippen molar-refractivity contribution >= 4 is 17.2 Å². The van der Waals surface area contributed by atoms with Crippen molar-refractivity contribution in [1.29, 1.82) is 0 Å². The molecule has 0 bridgehead atoms. The topological polar surface area (TPSA) is 50.2 Å². The molecule has 2 heterocycles. The minimum absolute atomic E-state index is 0.118. The maximum atomic E-state index is 13.6. The smallest absolute Gasteiger partial charge is 0.253 e. The molecule has 0 saturated carbocycles. The fourth-order valence-electron chi connectivity index (χ4n) is 3.21. The molecule has 27 heavy (non-hydrogen) atoms. The van der Waals surface area contributed by atoms with Gasteiger partial charge in [0, 0.05) is 29.5 Å². The molecule has 1 aromatic carbocycles. The van der Waals surface area contributed by atoms with Crippen LogP contribution in [0.4, 0.5) is 4.39 Å². The third-order valence-corrected chi connectivity index (χ3v) is 5.36. The number of halogens is 1. The minimum Gasteiger partial charge on any atom is -0.350 e. The Morgan fingerprint density at radius 1 is 1.33 bits per heavy atom. The number of aromatic nitrogens is 2. The Kier molecular flexibility index (Phi) is 5.72. The highest BCUT2D eigenvalue weighted by molar-refractivity contribution is 7.12. The summed E-state index contributed by atoms with van der Waals surface area (Å²) in [5.41, 5.74) is 3.27. The SMILES string of the molecule is Cc1cc(C(=O)NCC(c2cccc(F)c2)N(C)C)c(C)n1-c1nccs1. The molecule has 5 nitrogen and oxygen atoms in total. The highest BCUT2D eigenvalue weighted by Crippen LogP contribution is 2.23. The van der Waals surface area contributed by atoms with Crippen LogP contribution in [0.3, 0.4) is 0 Å². The Labute approximate surface area is 162 Å². The Bertz CT molecular complexity index is 934. The molecular weight excluding hydrogens is 363 g/mol. The Morgan fingerprint density at radius 3 is 2.74 bits per heavy atom. The van der Waals surface area contributed by atoms with Crippen LogP contribution in [-0.2, 0) is 0 Å². The molecular formula is C20H23FN4OS. The molecule has 7 heteroatoms. The second-order valence-corrected chi connectivity index (χ2v) is 7.55. The molecule has 0 spiro atoms. The summed E-state index contributed by atoms with van der Waals surface area (Å²) in [4.78, 5) is 19.1. The van der Waals surface area contributed by atoms with Crippen molar-refractivity contribution in [2.75, 3.05) is 20.6 Å². The van der Waals surface area contributed by atoms with Crippen LogP contribution in [0.25, 0.3) is 5.13 Å². The lowest BCUT2D eigenvalue weighted by Crippen LogP contribution is -2.34. The number of amides is 1. The Morgan fingerprint density at radius 2 is 2.11 bits per heavy atom. The van der Waals surface area contributed by atoms with Crippen molar-refractivity contribution in [2.24, 2.45) is 0 Å². The number of aryl methyl sites for hydroxylation is 1. The number of rotatable bonds is 6. The number of thiazole rings is 1. The molecule has 0 fully saturated rings. The molecule has 0 aliphatic rings. The molecule has 1 atom stereocenters. The molecule has 1 unspecified atom stereocenters. The summed E-state index contributed by atoms with van der Waals surface area (Å²) < 4.78 is 15.6. The number of benzene rings is 1. The van der Waals surface area contributed by atoms with Gasteiger partial charge in [0.25, 0.3) is 5.91 Å². The Hall–Kier alpha value is -2.51. The molecule has 1 N–H and O–H groups in total. The van der Waals surface area contributed by atoms with E-state index >= 15 is 0 Å². The predicted molar refractivity (Wildman–Crippen MR) is 106 cm³/mol. The van der Waals surface area contributed by atoms with Crippen LogP contribution in [-0.4, -0.2) is 41.0 Å². The predicted octanol–water partition coefficient (Wildman–Crippen LogP) is 3.72. The number of nitrogens with zero attached hydrogens (tertiary/aromatic N) is 3. The van der Waals surface area contributed by atoms with E-state index in [4.69, 9.17) is 0 Å². The van der Waals surface area contributed by atoms with E-state index in [0.29, 0.717) is 12.1 Å². The summed E-state index contributed by atoms with van der Waals surface area (Å²) >= 11 is 1.53. The van der Waals surface area contributed by atoms with E-state index in [-0.39, 0.29) is 17.8 Å². The summed E-state index contributed by atoms with van der Waals surface area (Å²) in [6, 6.07) is 8.23. The number of carbonyl (C=O) groups excluding carboxylic acids is 1. The van der Waals surface area contributed by atoms with E-state index in [0.717, 1.165) is 22.1 Å². The fourth-order valence-corrected chi connectivity index (χ4v) is 3.96. The van der Waals surface area contributed by atoms with Crippen molar-refractivity contribution in [3.63, 3.8) is 0 Å². The quantitative estimate of drug-likeness (QED) is 0.702. The lowest BCUT2D eigenvalue weighted by Gasteiger charge is -2.25. The molecule has 2 aromatic heterocycles. The molecule has 0 aliphatic carbocycles. The van der Waals surface area contributed by atoms with E-state index in [1.165, 1.54) is 23.5 Å². The first-order chi connectivity index (χ1) is 12.9. The van der Waals surface area contributed by atoms with Gasteiger partial charge in [0.1, 0.15) is 5.82 Å². The van der Waals surface area contributed by atoms with Gasteiger partial charge in [-0.15, -0.1) is 11.3 Å². The average Bonchev–Trinajstić information content (AvgIpc) is 3.22. The normalized spacial score (nSPS) is 12.4. The molecule has 0 aliphatic heterocycles. The third kappa shape index (κ3) is 4.09. The molecule has 142 valence electrons. The summed E-state index contributed by atoms with van der Waals surface area (Å²) in [5, 5.41) is 5.75. The first-order valence-electron chi connectivity index (χ1n) is 8.67. The van der Waals surface area contributed by atoms with Crippen LogP contribution in [0, 0.1) is 19.7 Å². The highest BCUT2D eigenvalue weighted by Gasteiger charge is 2.20. The van der Waals surface area contributed by atoms with Gasteiger partial charge in [-0.3, -0.25) is 9.36 Å². The van der Waals surface area contributed by atoms with Gasteiger partial charge in [0.05, 0.1) is 11.6 Å². The second-order valence-electron chi connectivity index (χ2n) is 6.68. The maximum Gasteiger partial charge on any atom is 0.253 e. The average molecular weight is 386 g/mol. The zero-order valence-electron chi connectivity index (χ0n) is 15.9. The van der Waals surface area contributed by atoms with E-state index in [2.05, 4.69) is 10.3 Å². The zero-order valence-corrected chi connectivity index (χ0v) is 16.7. The van der Waals surface area contributed by atoms with Crippen LogP contribution >= 0.6 is 11.3 Å². The summed E-state index contributed by atoms with van der Waals surface area (Å²) in [7, 11) is 3.83. The summed E-state index contributed by atoms with van der Waals surface area (Å²) in [6.07, 6.45) is 1.75. The van der Waals surface area contributed by atoms with Crippen molar-refractivity contribution in [1.82, 2.24) is 19.8 Å². The van der Waals surface area contributed by atoms with Crippen LogP contribution in [0.1, 0.15) is 33.4 Å². The van der Waals surface area contributed by atoms with Gasteiger partial charge in [-0.1, -0.05) is 12.1 Å². The standard InChI is InChI=1S/C20H23FN4OS/c1-13-10-17(14(2)25(13)20-22-8-9-27-20)19(26)23-12-18(24(3)4)15-6-5-7-16(21)11-15/h5-11,18H,12H2,1-4H3,(H,23,26). The fraction of sp³-hybridized carbons (Fsp3) is 0.300. The molecule has 3 rings (SSSR count). The van der Waals surface area contributed by atoms with Crippen molar-refractivity contribution in [2.45, 2.75) is 19.9 Å². The van der Waals surface area contributed by atoms with Gasteiger partial charge in [-0.05, 0) is 51.7 Å². The maximum absolute atomic E-state index is 13.6. The minimum atomic E-state index is -0.280. The third-order valence-electron chi connectivity index (χ3n) is 4.60. The monoisotopic (exact) mass is 386 g/mol. The van der Waals surface area contributed by atoms with Crippen molar-refractivity contribution < 1.29 is 9.18 Å². The first kappa shape index (κ1) is 19.3. The second kappa shape index (κ2) is 8.02. The summed E-state index contributed by atoms with van der Waals surface area (Å²) in [5.74, 6) is -0.424. The van der Waals surface area contributed by atoms with Crippen LogP contribution in [0.5, 0.6) is 0 Å². The summed E-state index contributed by atoms with van der Waals surface area (Å²) in [6.45, 7) is 4.26. The number of nitrogens with one attached hydrogen (secondary N) is 1. The number of likely N-dealkylation sites (N-methyl/N-ethyl adjacent to an activating group) is 1. The largest absolute Gasteiger partial charge is 0.350 e. The van der Waals surface area contributed by atoms with Gasteiger partial charge in [0.15, 0.2) is 5.13 Å². The van der Waals surface area contributed by atoms with Gasteiger partial charge in [0.2, 0.25) is 0 Å². The van der Waals surface area contributed by atoms with Crippen molar-refractivity contribution in [3.05, 3.63) is 70.2 Å². The lowest BCUT2D eigenvalue weighted by molar-refractivity contribution is 0.0941. The number of carbonyl (C=O) groups is 1. The van der Waals surface area contributed by atoms with E-state index in [9.17, 15) is 9.18 Å². The van der Waals surface area contributed by atoms with E-state index < -0.39 is 0 Å². The molecule has 0 saturated heterocycles. The van der Waals surface area contributed by atoms with Gasteiger partial charge < -0.3 is 10.2 Å². The molecule has 1 amide bonds. The number of hydrogen-bond donors (Lipinski definition) is 1. The lowest BCUT2D eigenvalue weighted by atomic mass is 10.1. The number of hydrogen-bond acceptors (Lipinski definition) is 4. The van der Waals surface area contributed by atoms with Crippen LogP contribution in [0.2, 0.25) is 0 Å². The highest BCUT2D eigenvalue weighted by atomic mass is 32.1. The van der Waals surface area contributed by atoms with Gasteiger partial charge in [-0.2, -0.15) is 0 Å². The first-order valence-corrected chi connectivity index (χ1v) is 9.55. The van der Waals surface area contributed by atoms with E-state index in [1.54, 1.807) is 12.3 Å². The van der Waals surface area contributed by atoms with E-state index in [1.807, 2.05) is 54.9 Å². The molecule has 3 aromatic rings. The van der Waals surface area contributed by atoms with Gasteiger partial charge >= 0.3 is 0 Å². The molecule has 0 radical (unpaired) electrons. The van der Waals surface area contributed by atoms with Crippen LogP contribution in [0.15, 0.2) is 41.9 Å². The van der Waals surface area contributed by atoms with Crippen LogP contribution < -0.4 is 5.32 Å². The van der Waals surface area contributed by atoms with Crippen molar-refractivity contribution in [3.8, 4) is 5.13 Å². The Balaban J connectivity index is 1.78. The zero-order chi connectivity index (χ0) is 19.6. The van der Waals surface area contributed by atoms with Gasteiger partial charge in [-0.25, -0.2) is 9.37 Å².